The van der Waals surface area contributed by atoms with E-state index in [2.05, 4.69) is 61.9 Å². The van der Waals surface area contributed by atoms with E-state index in [0.717, 1.165) is 66.2 Å². The Morgan fingerprint density at radius 3 is 1.85 bits per heavy atom. The summed E-state index contributed by atoms with van der Waals surface area (Å²) in [5.74, 6) is 0.118. The summed E-state index contributed by atoms with van der Waals surface area (Å²) in [6.07, 6.45) is 10.5. The van der Waals surface area contributed by atoms with Crippen molar-refractivity contribution in [2.24, 2.45) is 9.98 Å². The smallest absolute Gasteiger partial charge is 0.199 e. The number of aromatic hydroxyl groups is 2. The van der Waals surface area contributed by atoms with Gasteiger partial charge in [-0.25, -0.2) is 9.97 Å². The monoisotopic (exact) mass is 729 g/mol. The van der Waals surface area contributed by atoms with Crippen molar-refractivity contribution in [3.63, 3.8) is 0 Å². The molecular weight excluding hydrogens is 703 g/mol. The van der Waals surface area contributed by atoms with Gasteiger partial charge in [-0.3, -0.25) is 20.1 Å². The summed E-state index contributed by atoms with van der Waals surface area (Å²) in [4.78, 5) is 28.0. The van der Waals surface area contributed by atoms with Gasteiger partial charge in [-0.2, -0.15) is 27.8 Å². The Hall–Kier alpha value is -6.96. The van der Waals surface area contributed by atoms with Gasteiger partial charge in [-0.15, -0.1) is 0 Å². The van der Waals surface area contributed by atoms with Crippen molar-refractivity contribution in [2.45, 2.75) is 0 Å². The summed E-state index contributed by atoms with van der Waals surface area (Å²) in [5, 5.41) is 39.5. The minimum Gasteiger partial charge on any atom is -0.494 e. The summed E-state index contributed by atoms with van der Waals surface area (Å²) in [6, 6.07) is 23.6. The third kappa shape index (κ3) is 6.42. The highest BCUT2D eigenvalue weighted by Gasteiger charge is 2.13. The molecule has 10 aromatic rings. The maximum absolute atomic E-state index is 10.3. The van der Waals surface area contributed by atoms with Gasteiger partial charge in [-0.05, 0) is 99.4 Å². The van der Waals surface area contributed by atoms with Crippen LogP contribution in [-0.2, 0) is 0 Å². The van der Waals surface area contributed by atoms with Gasteiger partial charge in [-0.1, -0.05) is 6.07 Å². The van der Waals surface area contributed by atoms with Crippen LogP contribution in [0.1, 0.15) is 11.1 Å². The highest BCUT2D eigenvalue weighted by Crippen LogP contribution is 2.32. The summed E-state index contributed by atoms with van der Waals surface area (Å²) in [7, 11) is 0. The summed E-state index contributed by atoms with van der Waals surface area (Å²) in [5.41, 5.74) is 10.2. The van der Waals surface area contributed by atoms with E-state index < -0.39 is 0 Å². The second-order valence-corrected chi connectivity index (χ2v) is 13.6. The molecule has 0 radical (unpaired) electrons. The summed E-state index contributed by atoms with van der Waals surface area (Å²) >= 11 is 3.28. The Labute approximate surface area is 308 Å². The molecule has 0 amide bonds. The number of benzene rings is 2. The average Bonchev–Trinajstić information content (AvgIpc) is 4.04. The zero-order chi connectivity index (χ0) is 35.7. The highest BCUT2D eigenvalue weighted by atomic mass is 32.1. The number of fused-ring (bicyclic) bond motifs is 4. The predicted molar refractivity (Wildman–Crippen MR) is 214 cm³/mol. The third-order valence-corrected chi connectivity index (χ3v) is 10.1. The second kappa shape index (κ2) is 13.6. The number of nitrogens with zero attached hydrogens (tertiary/aromatic N) is 6. The molecule has 0 aliphatic carbocycles. The molecule has 5 N–H and O–H groups in total. The lowest BCUT2D eigenvalue weighted by atomic mass is 10.1. The van der Waals surface area contributed by atoms with E-state index in [1.165, 1.54) is 0 Å². The Morgan fingerprint density at radius 1 is 0.604 bits per heavy atom. The van der Waals surface area contributed by atoms with Gasteiger partial charge in [0.25, 0.3) is 0 Å². The van der Waals surface area contributed by atoms with Gasteiger partial charge in [0, 0.05) is 63.7 Å². The van der Waals surface area contributed by atoms with E-state index in [1.54, 1.807) is 59.9 Å². The fourth-order valence-electron chi connectivity index (χ4n) is 6.01. The second-order valence-electron chi connectivity index (χ2n) is 12.1. The molecule has 0 aliphatic rings. The molecule has 8 heterocycles. The molecule has 11 nitrogen and oxygen atoms in total. The summed E-state index contributed by atoms with van der Waals surface area (Å²) < 4.78 is 0. The van der Waals surface area contributed by atoms with Crippen LogP contribution in [0.15, 0.2) is 129 Å². The lowest BCUT2D eigenvalue weighted by Crippen LogP contribution is -1.83. The normalized spacial score (nSPS) is 11.8. The van der Waals surface area contributed by atoms with Crippen LogP contribution in [0.25, 0.3) is 66.1 Å². The molecule has 256 valence electrons. The van der Waals surface area contributed by atoms with E-state index in [0.29, 0.717) is 22.4 Å². The molecule has 0 atom stereocenters. The van der Waals surface area contributed by atoms with Crippen molar-refractivity contribution in [1.82, 2.24) is 35.1 Å². The topological polar surface area (TPSA) is 164 Å². The number of aromatic amines is 3. The Kier molecular flexibility index (Phi) is 8.23. The first-order chi connectivity index (χ1) is 26.1. The van der Waals surface area contributed by atoms with Crippen LogP contribution < -0.4 is 0 Å². The molecule has 8 aromatic heterocycles. The van der Waals surface area contributed by atoms with Crippen molar-refractivity contribution >= 4 is 90.4 Å². The average molecular weight is 730 g/mol. The van der Waals surface area contributed by atoms with Crippen molar-refractivity contribution in [1.29, 1.82) is 0 Å². The van der Waals surface area contributed by atoms with Crippen molar-refractivity contribution in [2.75, 3.05) is 0 Å². The fourth-order valence-corrected chi connectivity index (χ4v) is 7.34. The first-order valence-corrected chi connectivity index (χ1v) is 18.3. The van der Waals surface area contributed by atoms with Crippen molar-refractivity contribution in [3.8, 4) is 34.0 Å². The zero-order valence-electron chi connectivity index (χ0n) is 27.6. The molecule has 0 saturated carbocycles. The lowest BCUT2D eigenvalue weighted by Gasteiger charge is -1.99. The SMILES string of the molecule is Oc1[nH]c2ncc(-c3ccsc3)cc2c1C=Nc1ccc2cn[nH]c2c1.Oc1[nH]c2ncc(-c3ccsc3)cc2c1C=Nc1ccc2ncccc2c1. The maximum Gasteiger partial charge on any atom is 0.199 e. The fraction of sp³-hybridized carbons (Fsp3) is 0. The van der Waals surface area contributed by atoms with Crippen LogP contribution in [0.4, 0.5) is 11.4 Å². The van der Waals surface area contributed by atoms with Crippen molar-refractivity contribution < 1.29 is 10.2 Å². The van der Waals surface area contributed by atoms with Gasteiger partial charge >= 0.3 is 0 Å². The van der Waals surface area contributed by atoms with Crippen LogP contribution in [0.2, 0.25) is 0 Å². The van der Waals surface area contributed by atoms with E-state index in [4.69, 9.17) is 0 Å². The number of hydrogen-bond acceptors (Lipinski definition) is 10. The van der Waals surface area contributed by atoms with Crippen LogP contribution in [0.5, 0.6) is 11.8 Å². The van der Waals surface area contributed by atoms with Crippen LogP contribution >= 0.6 is 22.7 Å². The van der Waals surface area contributed by atoms with E-state index in [-0.39, 0.29) is 11.8 Å². The number of nitrogens with one attached hydrogen (secondary N) is 3. The molecule has 13 heteroatoms. The highest BCUT2D eigenvalue weighted by molar-refractivity contribution is 7.08. The van der Waals surface area contributed by atoms with E-state index >= 15 is 0 Å². The van der Waals surface area contributed by atoms with Crippen LogP contribution in [-0.4, -0.2) is 57.8 Å². The van der Waals surface area contributed by atoms with Crippen LogP contribution in [0, 0.1) is 0 Å². The van der Waals surface area contributed by atoms with E-state index in [1.807, 2.05) is 77.5 Å². The first kappa shape index (κ1) is 32.0. The quantitative estimate of drug-likeness (QED) is 0.107. The number of pyridine rings is 3. The molecular formula is C40H27N9O2S2. The van der Waals surface area contributed by atoms with E-state index in [9.17, 15) is 10.2 Å². The Bertz CT molecular complexity index is 2940. The number of rotatable bonds is 6. The van der Waals surface area contributed by atoms with Crippen LogP contribution in [0.3, 0.4) is 0 Å². The number of aliphatic imine (C=N–C) groups is 2. The molecule has 2 aromatic carbocycles. The molecule has 53 heavy (non-hydrogen) atoms. The minimum absolute atomic E-state index is 0.0568. The molecule has 0 saturated heterocycles. The maximum atomic E-state index is 10.3. The number of thiophene rings is 2. The van der Waals surface area contributed by atoms with Gasteiger partial charge in [0.05, 0.1) is 39.7 Å². The Balaban J connectivity index is 0.000000141. The molecule has 0 aliphatic heterocycles. The number of H-pyrrole nitrogens is 3. The standard InChI is InChI=1S/C21H14N4OS.C19H13N5OS/c26-21-18(11-23-16-3-4-19-13(8-16)2-1-6-22-19)17-9-15(10-24-20(17)25-21)14-5-7-27-12-14;25-19-16(9-20-14-2-1-11-8-22-24-17(11)6-14)15-5-13(7-21-18(15)23-19)12-3-4-26-10-12/h1-12,26H,(H,24,25);1-10,25H,(H,21,23)(H,22,24). The zero-order valence-corrected chi connectivity index (χ0v) is 29.2. The molecule has 0 unspecified atom stereocenters. The molecule has 0 bridgehead atoms. The lowest BCUT2D eigenvalue weighted by molar-refractivity contribution is 0.457. The van der Waals surface area contributed by atoms with Gasteiger partial charge in [0.2, 0.25) is 0 Å². The van der Waals surface area contributed by atoms with Gasteiger partial charge in [0.15, 0.2) is 11.8 Å². The molecule has 0 spiro atoms. The summed E-state index contributed by atoms with van der Waals surface area (Å²) in [6.45, 7) is 0. The molecule has 0 fully saturated rings. The predicted octanol–water partition coefficient (Wildman–Crippen LogP) is 9.92. The third-order valence-electron chi connectivity index (χ3n) is 8.75. The van der Waals surface area contributed by atoms with Gasteiger partial charge < -0.3 is 20.2 Å². The molecule has 10 rings (SSSR count). The largest absolute Gasteiger partial charge is 0.494 e. The number of hydrogen-bond donors (Lipinski definition) is 5. The number of aromatic nitrogens is 7. The first-order valence-electron chi connectivity index (χ1n) is 16.4. The van der Waals surface area contributed by atoms with Crippen molar-refractivity contribution in [3.05, 3.63) is 130 Å². The van der Waals surface area contributed by atoms with Gasteiger partial charge in [0.1, 0.15) is 11.3 Å². The minimum atomic E-state index is 0.0568. The Morgan fingerprint density at radius 2 is 1.23 bits per heavy atom.